The summed E-state index contributed by atoms with van der Waals surface area (Å²) < 4.78 is 1.00. The molecule has 0 unspecified atom stereocenters. The van der Waals surface area contributed by atoms with E-state index < -0.39 is 0 Å². The molecular weight excluding hydrogens is 332 g/mol. The lowest BCUT2D eigenvalue weighted by molar-refractivity contribution is 1.14. The van der Waals surface area contributed by atoms with E-state index in [0.29, 0.717) is 5.11 Å². The Bertz CT molecular complexity index is 608. The van der Waals surface area contributed by atoms with Crippen molar-refractivity contribution in [2.24, 2.45) is 0 Å². The first-order valence-corrected chi connectivity index (χ1v) is 7.71. The molecule has 2 nitrogen and oxygen atoms in total. The fourth-order valence-corrected chi connectivity index (χ4v) is 2.65. The molecule has 0 saturated carbocycles. The van der Waals surface area contributed by atoms with Gasteiger partial charge in [-0.15, -0.1) is 0 Å². The Hall–Kier alpha value is -1.39. The Balaban J connectivity index is 2.01. The molecule has 0 bridgehead atoms. The van der Waals surface area contributed by atoms with Crippen molar-refractivity contribution < 1.29 is 0 Å². The van der Waals surface area contributed by atoms with E-state index in [-0.39, 0.29) is 0 Å². The standard InChI is InChI=1S/C16H17BrN2S/c1-3-12-5-7-13(8-6-12)18-16(20)19-15-9-4-11(2)10-14(15)17/h4-10H,3H2,1-2H3,(H2,18,19,20). The molecule has 0 atom stereocenters. The van der Waals surface area contributed by atoms with Gasteiger partial charge in [0.25, 0.3) is 0 Å². The number of hydrogen-bond donors (Lipinski definition) is 2. The quantitative estimate of drug-likeness (QED) is 0.752. The second kappa shape index (κ2) is 6.86. The minimum atomic E-state index is 0.582. The Morgan fingerprint density at radius 2 is 1.80 bits per heavy atom. The van der Waals surface area contributed by atoms with Crippen LogP contribution in [0.25, 0.3) is 0 Å². The van der Waals surface area contributed by atoms with Gasteiger partial charge in [0.2, 0.25) is 0 Å². The molecule has 104 valence electrons. The number of rotatable bonds is 3. The summed E-state index contributed by atoms with van der Waals surface area (Å²) in [5.74, 6) is 0. The van der Waals surface area contributed by atoms with Gasteiger partial charge in [-0.2, -0.15) is 0 Å². The molecule has 2 aromatic rings. The summed E-state index contributed by atoms with van der Waals surface area (Å²) >= 11 is 8.86. The molecule has 2 aromatic carbocycles. The van der Waals surface area contributed by atoms with Gasteiger partial charge in [-0.05, 0) is 76.9 Å². The first-order chi connectivity index (χ1) is 9.58. The van der Waals surface area contributed by atoms with E-state index in [1.54, 1.807) is 0 Å². The van der Waals surface area contributed by atoms with Crippen molar-refractivity contribution in [3.05, 3.63) is 58.1 Å². The summed E-state index contributed by atoms with van der Waals surface area (Å²) in [6.45, 7) is 4.20. The van der Waals surface area contributed by atoms with Crippen molar-refractivity contribution in [3.8, 4) is 0 Å². The summed E-state index contributed by atoms with van der Waals surface area (Å²) in [6, 6.07) is 14.4. The minimum Gasteiger partial charge on any atom is -0.332 e. The zero-order valence-electron chi connectivity index (χ0n) is 11.5. The van der Waals surface area contributed by atoms with Gasteiger partial charge < -0.3 is 10.6 Å². The molecule has 20 heavy (non-hydrogen) atoms. The van der Waals surface area contributed by atoms with Crippen LogP contribution in [0.4, 0.5) is 11.4 Å². The number of halogens is 1. The monoisotopic (exact) mass is 348 g/mol. The Labute approximate surface area is 133 Å². The number of anilines is 2. The van der Waals surface area contributed by atoms with Gasteiger partial charge in [0.05, 0.1) is 5.69 Å². The van der Waals surface area contributed by atoms with Gasteiger partial charge in [-0.3, -0.25) is 0 Å². The first kappa shape index (κ1) is 15.0. The van der Waals surface area contributed by atoms with Crippen LogP contribution in [0.2, 0.25) is 0 Å². The molecule has 0 heterocycles. The molecule has 0 saturated heterocycles. The largest absolute Gasteiger partial charge is 0.332 e. The summed E-state index contributed by atoms with van der Waals surface area (Å²) in [5, 5.41) is 6.95. The van der Waals surface area contributed by atoms with E-state index in [0.717, 1.165) is 22.3 Å². The van der Waals surface area contributed by atoms with Gasteiger partial charge in [0, 0.05) is 10.2 Å². The lowest BCUT2D eigenvalue weighted by Crippen LogP contribution is -2.19. The normalized spacial score (nSPS) is 10.2. The molecule has 2 rings (SSSR count). The summed E-state index contributed by atoms with van der Waals surface area (Å²) in [7, 11) is 0. The van der Waals surface area contributed by atoms with Crippen LogP contribution in [0.15, 0.2) is 46.9 Å². The predicted molar refractivity (Wildman–Crippen MR) is 94.5 cm³/mol. The number of nitrogens with one attached hydrogen (secondary N) is 2. The van der Waals surface area contributed by atoms with Crippen LogP contribution in [0.1, 0.15) is 18.1 Å². The summed E-state index contributed by atoms with van der Waals surface area (Å²) in [5.41, 5.74) is 4.47. The van der Waals surface area contributed by atoms with Crippen molar-refractivity contribution in [2.75, 3.05) is 10.6 Å². The van der Waals surface area contributed by atoms with Crippen molar-refractivity contribution >= 4 is 44.6 Å². The fourth-order valence-electron chi connectivity index (χ4n) is 1.83. The molecule has 0 aliphatic rings. The molecular formula is C16H17BrN2S. The number of hydrogen-bond acceptors (Lipinski definition) is 1. The Morgan fingerprint density at radius 1 is 1.10 bits per heavy atom. The number of thiocarbonyl (C=S) groups is 1. The van der Waals surface area contributed by atoms with Gasteiger partial charge in [-0.1, -0.05) is 25.1 Å². The molecule has 0 fully saturated rings. The topological polar surface area (TPSA) is 24.1 Å². The maximum Gasteiger partial charge on any atom is 0.175 e. The van der Waals surface area contributed by atoms with Crippen LogP contribution >= 0.6 is 28.1 Å². The second-order valence-corrected chi connectivity index (χ2v) is 5.88. The average molecular weight is 349 g/mol. The second-order valence-electron chi connectivity index (χ2n) is 4.61. The number of benzene rings is 2. The highest BCUT2D eigenvalue weighted by molar-refractivity contribution is 9.10. The third-order valence-electron chi connectivity index (χ3n) is 2.99. The Kier molecular flexibility index (Phi) is 5.15. The molecule has 0 amide bonds. The van der Waals surface area contributed by atoms with Crippen LogP contribution in [-0.2, 0) is 6.42 Å². The van der Waals surface area contributed by atoms with Crippen LogP contribution in [0.5, 0.6) is 0 Å². The van der Waals surface area contributed by atoms with Crippen molar-refractivity contribution in [3.63, 3.8) is 0 Å². The van der Waals surface area contributed by atoms with E-state index in [4.69, 9.17) is 12.2 Å². The van der Waals surface area contributed by atoms with Crippen LogP contribution in [0, 0.1) is 6.92 Å². The molecule has 4 heteroatoms. The van der Waals surface area contributed by atoms with Gasteiger partial charge >= 0.3 is 0 Å². The SMILES string of the molecule is CCc1ccc(NC(=S)Nc2ccc(C)cc2Br)cc1. The highest BCUT2D eigenvalue weighted by Crippen LogP contribution is 2.23. The van der Waals surface area contributed by atoms with E-state index in [1.807, 2.05) is 24.3 Å². The third-order valence-corrected chi connectivity index (χ3v) is 3.85. The van der Waals surface area contributed by atoms with Gasteiger partial charge in [0.15, 0.2) is 5.11 Å². The van der Waals surface area contributed by atoms with Crippen LogP contribution < -0.4 is 10.6 Å². The van der Waals surface area contributed by atoms with E-state index in [9.17, 15) is 0 Å². The van der Waals surface area contributed by atoms with Crippen LogP contribution in [-0.4, -0.2) is 5.11 Å². The fraction of sp³-hybridized carbons (Fsp3) is 0.188. The zero-order chi connectivity index (χ0) is 14.5. The lowest BCUT2D eigenvalue weighted by Gasteiger charge is -2.12. The molecule has 0 aliphatic heterocycles. The maximum atomic E-state index is 5.33. The molecule has 0 spiro atoms. The molecule has 2 N–H and O–H groups in total. The summed E-state index contributed by atoms with van der Waals surface area (Å²) in [6.07, 6.45) is 1.04. The molecule has 0 radical (unpaired) electrons. The first-order valence-electron chi connectivity index (χ1n) is 6.51. The van der Waals surface area contributed by atoms with Crippen LogP contribution in [0.3, 0.4) is 0 Å². The van der Waals surface area contributed by atoms with E-state index >= 15 is 0 Å². The molecule has 0 aliphatic carbocycles. The Morgan fingerprint density at radius 3 is 2.40 bits per heavy atom. The molecule has 0 aromatic heterocycles. The zero-order valence-corrected chi connectivity index (χ0v) is 13.9. The smallest absolute Gasteiger partial charge is 0.175 e. The van der Waals surface area contributed by atoms with Gasteiger partial charge in [0.1, 0.15) is 0 Å². The third kappa shape index (κ3) is 4.05. The van der Waals surface area contributed by atoms with E-state index in [1.165, 1.54) is 11.1 Å². The average Bonchev–Trinajstić information content (AvgIpc) is 2.43. The lowest BCUT2D eigenvalue weighted by atomic mass is 10.1. The maximum absolute atomic E-state index is 5.33. The van der Waals surface area contributed by atoms with Crippen molar-refractivity contribution in [2.45, 2.75) is 20.3 Å². The van der Waals surface area contributed by atoms with Gasteiger partial charge in [-0.25, -0.2) is 0 Å². The van der Waals surface area contributed by atoms with Crippen molar-refractivity contribution in [1.29, 1.82) is 0 Å². The van der Waals surface area contributed by atoms with Crippen molar-refractivity contribution in [1.82, 2.24) is 0 Å². The van der Waals surface area contributed by atoms with E-state index in [2.05, 4.69) is 58.6 Å². The predicted octanol–water partition coefficient (Wildman–Crippen LogP) is 5.13. The summed E-state index contributed by atoms with van der Waals surface area (Å²) in [4.78, 5) is 0. The highest BCUT2D eigenvalue weighted by atomic mass is 79.9. The minimum absolute atomic E-state index is 0.582. The number of aryl methyl sites for hydroxylation is 2. The highest BCUT2D eigenvalue weighted by Gasteiger charge is 2.03.